The number of aromatic nitrogens is 3. The van der Waals surface area contributed by atoms with Gasteiger partial charge in [-0.05, 0) is 53.9 Å². The molecule has 0 aliphatic rings. The van der Waals surface area contributed by atoms with E-state index in [1.54, 1.807) is 55.0 Å². The van der Waals surface area contributed by atoms with E-state index in [-0.39, 0.29) is 17.7 Å². The lowest BCUT2D eigenvalue weighted by atomic mass is 10.0. The van der Waals surface area contributed by atoms with Gasteiger partial charge in [-0.1, -0.05) is 38.1 Å². The van der Waals surface area contributed by atoms with Crippen LogP contribution in [0.25, 0.3) is 11.3 Å². The molecule has 2 aromatic carbocycles. The predicted octanol–water partition coefficient (Wildman–Crippen LogP) is 4.32. The van der Waals surface area contributed by atoms with Crippen molar-refractivity contribution in [1.82, 2.24) is 15.0 Å². The van der Waals surface area contributed by atoms with Crippen molar-refractivity contribution < 1.29 is 9.59 Å². The molecular weight excluding hydrogens is 466 g/mol. The molecule has 0 aliphatic carbocycles. The molecular formula is C28H29N7O2. The van der Waals surface area contributed by atoms with Crippen LogP contribution in [0.2, 0.25) is 0 Å². The fraction of sp³-hybridized carbons (Fsp3) is 0.179. The molecule has 0 aliphatic heterocycles. The Kier molecular flexibility index (Phi) is 8.17. The van der Waals surface area contributed by atoms with E-state index in [1.165, 1.54) is 0 Å². The van der Waals surface area contributed by atoms with Gasteiger partial charge < -0.3 is 21.7 Å². The van der Waals surface area contributed by atoms with Gasteiger partial charge >= 0.3 is 0 Å². The maximum absolute atomic E-state index is 12.9. The van der Waals surface area contributed by atoms with Gasteiger partial charge in [-0.3, -0.25) is 14.6 Å². The maximum Gasteiger partial charge on any atom is 0.255 e. The quantitative estimate of drug-likeness (QED) is 0.271. The van der Waals surface area contributed by atoms with Crippen LogP contribution in [0.4, 0.5) is 17.3 Å². The third-order valence-corrected chi connectivity index (χ3v) is 5.73. The Morgan fingerprint density at radius 3 is 2.30 bits per heavy atom. The molecule has 0 radical (unpaired) electrons. The van der Waals surface area contributed by atoms with Crippen LogP contribution in [-0.2, 0) is 11.3 Å². The summed E-state index contributed by atoms with van der Waals surface area (Å²) in [7, 11) is 0. The highest BCUT2D eigenvalue weighted by atomic mass is 16.2. The first-order chi connectivity index (χ1) is 17.9. The van der Waals surface area contributed by atoms with Crippen molar-refractivity contribution in [2.75, 3.05) is 16.0 Å². The number of hydrogen-bond donors (Lipinski definition) is 4. The first kappa shape index (κ1) is 25.5. The number of carbonyl (C=O) groups is 2. The van der Waals surface area contributed by atoms with Crippen molar-refractivity contribution in [3.8, 4) is 11.3 Å². The smallest absolute Gasteiger partial charge is 0.255 e. The predicted molar refractivity (Wildman–Crippen MR) is 145 cm³/mol. The lowest BCUT2D eigenvalue weighted by Gasteiger charge is -2.17. The molecule has 0 bridgehead atoms. The normalized spacial score (nSPS) is 11.6. The van der Waals surface area contributed by atoms with Crippen LogP contribution in [0, 0.1) is 5.92 Å². The second-order valence-corrected chi connectivity index (χ2v) is 8.82. The van der Waals surface area contributed by atoms with Gasteiger partial charge in [0.15, 0.2) is 0 Å². The number of nitrogens with zero attached hydrogens (tertiary/aromatic N) is 3. The number of anilines is 3. The highest BCUT2D eigenvalue weighted by Gasteiger charge is 2.19. The Bertz CT molecular complexity index is 1360. The molecule has 4 aromatic rings. The average molecular weight is 496 g/mol. The fourth-order valence-electron chi connectivity index (χ4n) is 3.49. The summed E-state index contributed by atoms with van der Waals surface area (Å²) in [5, 5.41) is 8.87. The van der Waals surface area contributed by atoms with E-state index < -0.39 is 6.04 Å². The Hall–Kier alpha value is -4.63. The third kappa shape index (κ3) is 6.74. The van der Waals surface area contributed by atoms with Gasteiger partial charge in [0.2, 0.25) is 11.9 Å². The van der Waals surface area contributed by atoms with Gasteiger partial charge in [0.25, 0.3) is 5.91 Å². The molecule has 5 N–H and O–H groups in total. The zero-order chi connectivity index (χ0) is 26.2. The topological polar surface area (TPSA) is 135 Å². The Morgan fingerprint density at radius 2 is 1.62 bits per heavy atom. The summed E-state index contributed by atoms with van der Waals surface area (Å²) in [6.07, 6.45) is 5.17. The van der Waals surface area contributed by atoms with E-state index in [1.807, 2.05) is 44.2 Å². The average Bonchev–Trinajstić information content (AvgIpc) is 2.93. The molecule has 0 saturated heterocycles. The Morgan fingerprint density at radius 1 is 0.892 bits per heavy atom. The van der Waals surface area contributed by atoms with Gasteiger partial charge in [-0.25, -0.2) is 9.97 Å². The molecule has 2 aromatic heterocycles. The van der Waals surface area contributed by atoms with E-state index in [9.17, 15) is 9.59 Å². The lowest BCUT2D eigenvalue weighted by molar-refractivity contribution is -0.118. The van der Waals surface area contributed by atoms with Gasteiger partial charge in [0.1, 0.15) is 0 Å². The molecule has 37 heavy (non-hydrogen) atoms. The van der Waals surface area contributed by atoms with Crippen LogP contribution in [0.3, 0.4) is 0 Å². The highest BCUT2D eigenvalue weighted by Crippen LogP contribution is 2.23. The molecule has 0 fully saturated rings. The van der Waals surface area contributed by atoms with Crippen LogP contribution in [0.15, 0.2) is 85.3 Å². The van der Waals surface area contributed by atoms with E-state index >= 15 is 0 Å². The SMILES string of the molecule is CC(C)[C@H](N)C(=O)Nc1ccccc1NC(=O)c1ccc(CNc2nccc(-c3cccnc3)n2)cc1. The van der Waals surface area contributed by atoms with Crippen LogP contribution in [-0.4, -0.2) is 32.8 Å². The van der Waals surface area contributed by atoms with E-state index in [2.05, 4.69) is 30.9 Å². The van der Waals surface area contributed by atoms with Crippen molar-refractivity contribution in [3.63, 3.8) is 0 Å². The molecule has 1 atom stereocenters. The zero-order valence-electron chi connectivity index (χ0n) is 20.7. The van der Waals surface area contributed by atoms with Crippen molar-refractivity contribution in [1.29, 1.82) is 0 Å². The summed E-state index contributed by atoms with van der Waals surface area (Å²) in [6, 6.07) is 19.2. The van der Waals surface area contributed by atoms with Crippen molar-refractivity contribution in [2.24, 2.45) is 11.7 Å². The van der Waals surface area contributed by atoms with E-state index in [0.29, 0.717) is 29.4 Å². The number of hydrogen-bond acceptors (Lipinski definition) is 7. The lowest BCUT2D eigenvalue weighted by Crippen LogP contribution is -2.39. The third-order valence-electron chi connectivity index (χ3n) is 5.73. The van der Waals surface area contributed by atoms with Crippen molar-refractivity contribution in [2.45, 2.75) is 26.4 Å². The van der Waals surface area contributed by atoms with Crippen LogP contribution < -0.4 is 21.7 Å². The standard InChI is InChI=1S/C28H29N7O2/c1-18(2)25(29)27(37)34-24-8-4-3-7-23(24)33-26(36)20-11-9-19(10-12-20)16-32-28-31-15-13-22(35-28)21-6-5-14-30-17-21/h3-15,17-18,25H,16,29H2,1-2H3,(H,33,36)(H,34,37)(H,31,32,35)/t25-/m0/s1. The summed E-state index contributed by atoms with van der Waals surface area (Å²) >= 11 is 0. The Balaban J connectivity index is 1.37. The molecule has 0 saturated carbocycles. The maximum atomic E-state index is 12.9. The minimum absolute atomic E-state index is 0.00794. The zero-order valence-corrected chi connectivity index (χ0v) is 20.7. The molecule has 188 valence electrons. The molecule has 2 amide bonds. The number of nitrogens with one attached hydrogen (secondary N) is 3. The molecule has 0 spiro atoms. The first-order valence-electron chi connectivity index (χ1n) is 11.9. The summed E-state index contributed by atoms with van der Waals surface area (Å²) in [6.45, 7) is 4.25. The largest absolute Gasteiger partial charge is 0.350 e. The van der Waals surface area contributed by atoms with E-state index in [0.717, 1.165) is 16.8 Å². The number of nitrogens with two attached hydrogens (primary N) is 1. The molecule has 9 nitrogen and oxygen atoms in total. The van der Waals surface area contributed by atoms with Gasteiger partial charge in [-0.2, -0.15) is 0 Å². The summed E-state index contributed by atoms with van der Waals surface area (Å²) in [5.41, 5.74) is 10.1. The minimum Gasteiger partial charge on any atom is -0.350 e. The fourth-order valence-corrected chi connectivity index (χ4v) is 3.49. The second-order valence-electron chi connectivity index (χ2n) is 8.82. The van der Waals surface area contributed by atoms with Crippen molar-refractivity contribution in [3.05, 3.63) is 96.4 Å². The highest BCUT2D eigenvalue weighted by molar-refractivity contribution is 6.07. The number of pyridine rings is 1. The van der Waals surface area contributed by atoms with Gasteiger partial charge in [-0.15, -0.1) is 0 Å². The molecule has 2 heterocycles. The monoisotopic (exact) mass is 495 g/mol. The summed E-state index contributed by atoms with van der Waals surface area (Å²) < 4.78 is 0. The summed E-state index contributed by atoms with van der Waals surface area (Å²) in [5.74, 6) is -0.101. The minimum atomic E-state index is -0.645. The van der Waals surface area contributed by atoms with Crippen LogP contribution in [0.1, 0.15) is 29.8 Å². The number of benzene rings is 2. The van der Waals surface area contributed by atoms with E-state index in [4.69, 9.17) is 5.73 Å². The Labute approximate surface area is 215 Å². The van der Waals surface area contributed by atoms with Gasteiger partial charge in [0.05, 0.1) is 23.1 Å². The number of rotatable bonds is 9. The van der Waals surface area contributed by atoms with Crippen molar-refractivity contribution >= 4 is 29.1 Å². The summed E-state index contributed by atoms with van der Waals surface area (Å²) in [4.78, 5) is 38.2. The van der Waals surface area contributed by atoms with Crippen LogP contribution >= 0.6 is 0 Å². The van der Waals surface area contributed by atoms with Gasteiger partial charge in [0, 0.05) is 36.3 Å². The second kappa shape index (κ2) is 11.9. The first-order valence-corrected chi connectivity index (χ1v) is 11.9. The van der Waals surface area contributed by atoms with Crippen LogP contribution in [0.5, 0.6) is 0 Å². The molecule has 0 unspecified atom stereocenters. The molecule has 9 heteroatoms. The molecule has 4 rings (SSSR count). The number of carbonyl (C=O) groups excluding carboxylic acids is 2. The number of amides is 2. The number of para-hydroxylation sites is 2.